The highest BCUT2D eigenvalue weighted by Gasteiger charge is 2.24. The molecule has 1 saturated carbocycles. The van der Waals surface area contributed by atoms with Crippen molar-refractivity contribution in [3.63, 3.8) is 0 Å². The van der Waals surface area contributed by atoms with Gasteiger partial charge in [0.2, 0.25) is 0 Å². The van der Waals surface area contributed by atoms with Gasteiger partial charge in [0.1, 0.15) is 6.04 Å². The van der Waals surface area contributed by atoms with Gasteiger partial charge in [-0.05, 0) is 43.9 Å². The highest BCUT2D eigenvalue weighted by molar-refractivity contribution is 5.82. The number of rotatable bonds is 5. The molecule has 1 rings (SSSR count). The number of nitrogens with one attached hydrogen (secondary N) is 2. The number of carboxylic acid groups (broad SMARTS) is 1. The van der Waals surface area contributed by atoms with Gasteiger partial charge in [0.05, 0.1) is 0 Å². The summed E-state index contributed by atoms with van der Waals surface area (Å²) in [6.45, 7) is 6.11. The van der Waals surface area contributed by atoms with E-state index < -0.39 is 12.0 Å². The molecule has 0 aromatic heterocycles. The van der Waals surface area contributed by atoms with Gasteiger partial charge in [-0.3, -0.25) is 0 Å². The van der Waals surface area contributed by atoms with Gasteiger partial charge < -0.3 is 15.7 Å². The van der Waals surface area contributed by atoms with Crippen LogP contribution in [0.5, 0.6) is 0 Å². The molecule has 1 aliphatic rings. The predicted octanol–water partition coefficient (Wildman–Crippen LogP) is 2.36. The van der Waals surface area contributed by atoms with Gasteiger partial charge in [-0.1, -0.05) is 20.8 Å². The van der Waals surface area contributed by atoms with E-state index in [1.54, 1.807) is 0 Å². The molecule has 0 radical (unpaired) electrons. The Morgan fingerprint density at radius 3 is 2.26 bits per heavy atom. The molecule has 0 spiro atoms. The van der Waals surface area contributed by atoms with E-state index in [-0.39, 0.29) is 18.0 Å². The minimum absolute atomic E-state index is 0.185. The molecule has 110 valence electrons. The molecule has 0 aromatic carbocycles. The molecule has 2 amide bonds. The van der Waals surface area contributed by atoms with Gasteiger partial charge in [-0.2, -0.15) is 0 Å². The number of carbonyl (C=O) groups excluding carboxylic acids is 1. The highest BCUT2D eigenvalue weighted by atomic mass is 16.4. The second kappa shape index (κ2) is 7.36. The smallest absolute Gasteiger partial charge is 0.326 e. The summed E-state index contributed by atoms with van der Waals surface area (Å²) in [5.74, 6) is -0.00753. The maximum Gasteiger partial charge on any atom is 0.326 e. The molecule has 1 fully saturated rings. The summed E-state index contributed by atoms with van der Waals surface area (Å²) in [5, 5.41) is 14.5. The number of hydrogen-bond donors (Lipinski definition) is 3. The Kier molecular flexibility index (Phi) is 6.12. The highest BCUT2D eigenvalue weighted by Crippen LogP contribution is 2.23. The molecule has 0 heterocycles. The molecule has 0 unspecified atom stereocenters. The van der Waals surface area contributed by atoms with Crippen molar-refractivity contribution in [2.45, 2.75) is 65.0 Å². The van der Waals surface area contributed by atoms with Crippen LogP contribution in [0.15, 0.2) is 0 Å². The lowest BCUT2D eigenvalue weighted by atomic mass is 9.87. The zero-order chi connectivity index (χ0) is 14.4. The molecule has 5 heteroatoms. The molecular formula is C14H26N2O3. The largest absolute Gasteiger partial charge is 0.480 e. The Bertz CT molecular complexity index is 310. The van der Waals surface area contributed by atoms with Gasteiger partial charge >= 0.3 is 12.0 Å². The number of carbonyl (C=O) groups is 2. The zero-order valence-corrected chi connectivity index (χ0v) is 12.1. The maximum atomic E-state index is 11.8. The Hall–Kier alpha value is -1.26. The third-order valence-electron chi connectivity index (χ3n) is 3.66. The summed E-state index contributed by atoms with van der Waals surface area (Å²) < 4.78 is 0. The Balaban J connectivity index is 2.38. The van der Waals surface area contributed by atoms with E-state index in [1.165, 1.54) is 0 Å². The van der Waals surface area contributed by atoms with Crippen LogP contribution in [0.25, 0.3) is 0 Å². The normalized spacial score (nSPS) is 24.8. The van der Waals surface area contributed by atoms with Crippen molar-refractivity contribution in [1.29, 1.82) is 0 Å². The Morgan fingerprint density at radius 2 is 1.79 bits per heavy atom. The summed E-state index contributed by atoms with van der Waals surface area (Å²) >= 11 is 0. The van der Waals surface area contributed by atoms with Crippen molar-refractivity contribution < 1.29 is 14.7 Å². The second-order valence-electron chi connectivity index (χ2n) is 6.09. The number of hydrogen-bond acceptors (Lipinski definition) is 2. The maximum absolute atomic E-state index is 11.8. The first-order valence-electron chi connectivity index (χ1n) is 7.18. The molecule has 1 aliphatic carbocycles. The first-order chi connectivity index (χ1) is 8.88. The lowest BCUT2D eigenvalue weighted by Crippen LogP contribution is -2.50. The van der Waals surface area contributed by atoms with E-state index in [0.29, 0.717) is 6.42 Å². The fourth-order valence-electron chi connectivity index (χ4n) is 2.48. The molecule has 1 atom stereocenters. The minimum atomic E-state index is -0.971. The quantitative estimate of drug-likeness (QED) is 0.717. The summed E-state index contributed by atoms with van der Waals surface area (Å²) in [5.41, 5.74) is 0. The summed E-state index contributed by atoms with van der Waals surface area (Å²) in [7, 11) is 0. The van der Waals surface area contributed by atoms with Gasteiger partial charge in [-0.15, -0.1) is 0 Å². The number of aliphatic carboxylic acids is 1. The number of urea groups is 1. The van der Waals surface area contributed by atoms with E-state index in [4.69, 9.17) is 5.11 Å². The number of carboxylic acids is 1. The summed E-state index contributed by atoms with van der Waals surface area (Å²) in [4.78, 5) is 22.9. The van der Waals surface area contributed by atoms with Crippen molar-refractivity contribution in [2.24, 2.45) is 11.8 Å². The standard InChI is InChI=1S/C14H26N2O3/c1-9(2)8-12(13(17)18)16-14(19)15-11-6-4-10(3)5-7-11/h9-12H,4-8H2,1-3H3,(H,17,18)(H2,15,16,19)/t10?,11?,12-/m0/s1. The van der Waals surface area contributed by atoms with Crippen LogP contribution in [0.1, 0.15) is 52.9 Å². The molecule has 0 saturated heterocycles. The van der Waals surface area contributed by atoms with Crippen LogP contribution in [-0.4, -0.2) is 29.2 Å². The van der Waals surface area contributed by atoms with Crippen molar-refractivity contribution in [3.8, 4) is 0 Å². The molecule has 3 N–H and O–H groups in total. The van der Waals surface area contributed by atoms with Crippen molar-refractivity contribution in [3.05, 3.63) is 0 Å². The molecular weight excluding hydrogens is 244 g/mol. The molecule has 19 heavy (non-hydrogen) atoms. The third kappa shape index (κ3) is 5.94. The predicted molar refractivity (Wildman–Crippen MR) is 74.0 cm³/mol. The van der Waals surface area contributed by atoms with Crippen LogP contribution < -0.4 is 10.6 Å². The first kappa shape index (κ1) is 15.8. The van der Waals surface area contributed by atoms with Crippen molar-refractivity contribution >= 4 is 12.0 Å². The van der Waals surface area contributed by atoms with Gasteiger partial charge in [0.15, 0.2) is 0 Å². The molecule has 0 bridgehead atoms. The third-order valence-corrected chi connectivity index (χ3v) is 3.66. The van der Waals surface area contributed by atoms with E-state index in [1.807, 2.05) is 13.8 Å². The van der Waals surface area contributed by atoms with E-state index >= 15 is 0 Å². The van der Waals surface area contributed by atoms with E-state index in [9.17, 15) is 9.59 Å². The topological polar surface area (TPSA) is 78.4 Å². The van der Waals surface area contributed by atoms with E-state index in [0.717, 1.165) is 31.6 Å². The Morgan fingerprint density at radius 1 is 1.21 bits per heavy atom. The van der Waals surface area contributed by atoms with Crippen molar-refractivity contribution in [1.82, 2.24) is 10.6 Å². The van der Waals surface area contributed by atoms with Crippen LogP contribution >= 0.6 is 0 Å². The van der Waals surface area contributed by atoms with Crippen LogP contribution in [0.4, 0.5) is 4.79 Å². The average Bonchev–Trinajstić information content (AvgIpc) is 2.30. The van der Waals surface area contributed by atoms with Crippen LogP contribution in [0.3, 0.4) is 0 Å². The average molecular weight is 270 g/mol. The minimum Gasteiger partial charge on any atom is -0.480 e. The fourth-order valence-corrected chi connectivity index (χ4v) is 2.48. The molecule has 0 aromatic rings. The van der Waals surface area contributed by atoms with Crippen LogP contribution in [0, 0.1) is 11.8 Å². The SMILES string of the molecule is CC(C)C[C@H](NC(=O)NC1CCC(C)CC1)C(=O)O. The lowest BCUT2D eigenvalue weighted by molar-refractivity contribution is -0.139. The zero-order valence-electron chi connectivity index (χ0n) is 12.1. The van der Waals surface area contributed by atoms with Gasteiger partial charge in [-0.25, -0.2) is 9.59 Å². The van der Waals surface area contributed by atoms with Crippen LogP contribution in [0.2, 0.25) is 0 Å². The fraction of sp³-hybridized carbons (Fsp3) is 0.857. The Labute approximate surface area is 115 Å². The van der Waals surface area contributed by atoms with Gasteiger partial charge in [0, 0.05) is 6.04 Å². The van der Waals surface area contributed by atoms with Gasteiger partial charge in [0.25, 0.3) is 0 Å². The van der Waals surface area contributed by atoms with Crippen LogP contribution in [-0.2, 0) is 4.79 Å². The summed E-state index contributed by atoms with van der Waals surface area (Å²) in [6.07, 6.45) is 4.66. The lowest BCUT2D eigenvalue weighted by Gasteiger charge is -2.27. The number of amides is 2. The molecule has 5 nitrogen and oxygen atoms in total. The first-order valence-corrected chi connectivity index (χ1v) is 7.18. The summed E-state index contributed by atoms with van der Waals surface area (Å²) in [6, 6.07) is -0.972. The molecule has 0 aliphatic heterocycles. The second-order valence-corrected chi connectivity index (χ2v) is 6.09. The monoisotopic (exact) mass is 270 g/mol. The van der Waals surface area contributed by atoms with E-state index in [2.05, 4.69) is 17.6 Å². The van der Waals surface area contributed by atoms with Crippen molar-refractivity contribution in [2.75, 3.05) is 0 Å².